The first-order valence-electron chi connectivity index (χ1n) is 6.92. The van der Waals surface area contributed by atoms with E-state index in [4.69, 9.17) is 16.3 Å². The second-order valence-corrected chi connectivity index (χ2v) is 5.08. The summed E-state index contributed by atoms with van der Waals surface area (Å²) in [6.45, 7) is 4.02. The van der Waals surface area contributed by atoms with Crippen LogP contribution >= 0.6 is 11.6 Å². The zero-order valence-corrected chi connectivity index (χ0v) is 13.5. The quantitative estimate of drug-likeness (QED) is 0.651. The van der Waals surface area contributed by atoms with Gasteiger partial charge < -0.3 is 9.84 Å². The molecule has 0 spiro atoms. The number of carbonyl (C=O) groups excluding carboxylic acids is 1. The summed E-state index contributed by atoms with van der Waals surface area (Å²) in [5.41, 5.74) is 4.21. The highest BCUT2D eigenvalue weighted by molar-refractivity contribution is 6.32. The molecule has 0 aliphatic heterocycles. The van der Waals surface area contributed by atoms with E-state index in [-0.39, 0.29) is 22.4 Å². The van der Waals surface area contributed by atoms with Crippen molar-refractivity contribution >= 4 is 23.7 Å². The van der Waals surface area contributed by atoms with Gasteiger partial charge in [0, 0.05) is 11.9 Å². The van der Waals surface area contributed by atoms with E-state index in [1.807, 2.05) is 6.92 Å². The summed E-state index contributed by atoms with van der Waals surface area (Å²) in [4.78, 5) is 15.9. The number of ether oxygens (including phenoxy) is 1. The predicted molar refractivity (Wildman–Crippen MR) is 88.3 cm³/mol. The molecule has 120 valence electrons. The first kappa shape index (κ1) is 16.8. The molecule has 2 N–H and O–H groups in total. The molecule has 0 radical (unpaired) electrons. The second kappa shape index (κ2) is 7.60. The Kier molecular flexibility index (Phi) is 5.54. The minimum atomic E-state index is -0.372. The topological polar surface area (TPSA) is 83.8 Å². The number of hydrazone groups is 1. The molecule has 2 aromatic rings. The number of pyridine rings is 1. The van der Waals surface area contributed by atoms with Crippen LogP contribution in [0, 0.1) is 6.92 Å². The van der Waals surface area contributed by atoms with Crippen LogP contribution in [0.15, 0.2) is 35.6 Å². The van der Waals surface area contributed by atoms with E-state index in [9.17, 15) is 9.90 Å². The van der Waals surface area contributed by atoms with E-state index in [0.717, 1.165) is 5.69 Å². The molecule has 0 fully saturated rings. The Labute approximate surface area is 138 Å². The van der Waals surface area contributed by atoms with E-state index in [1.165, 1.54) is 18.5 Å². The van der Waals surface area contributed by atoms with Crippen molar-refractivity contribution in [3.8, 4) is 11.5 Å². The Bertz CT molecular complexity index is 730. The number of aromatic nitrogens is 1. The number of aryl methyl sites for hydroxylation is 1. The Morgan fingerprint density at radius 1 is 1.48 bits per heavy atom. The van der Waals surface area contributed by atoms with Gasteiger partial charge in [0.25, 0.3) is 5.91 Å². The van der Waals surface area contributed by atoms with Crippen LogP contribution in [0.5, 0.6) is 11.5 Å². The summed E-state index contributed by atoms with van der Waals surface area (Å²) in [5.74, 6) is -0.236. The van der Waals surface area contributed by atoms with Gasteiger partial charge in [-0.1, -0.05) is 11.6 Å². The molecule has 0 saturated carbocycles. The Balaban J connectivity index is 2.08. The van der Waals surface area contributed by atoms with Crippen LogP contribution in [0.1, 0.15) is 28.5 Å². The lowest BCUT2D eigenvalue weighted by atomic mass is 10.2. The average molecular weight is 334 g/mol. The number of phenols is 1. The molecule has 0 atom stereocenters. The Morgan fingerprint density at radius 2 is 2.26 bits per heavy atom. The van der Waals surface area contributed by atoms with Crippen LogP contribution in [0.2, 0.25) is 5.02 Å². The smallest absolute Gasteiger partial charge is 0.272 e. The second-order valence-electron chi connectivity index (χ2n) is 4.67. The van der Waals surface area contributed by atoms with Crippen molar-refractivity contribution in [2.45, 2.75) is 13.8 Å². The van der Waals surface area contributed by atoms with Crippen molar-refractivity contribution in [1.82, 2.24) is 10.4 Å². The third-order valence-corrected chi connectivity index (χ3v) is 3.19. The van der Waals surface area contributed by atoms with Gasteiger partial charge >= 0.3 is 0 Å². The molecule has 2 rings (SSSR count). The first-order chi connectivity index (χ1) is 11.0. The number of carbonyl (C=O) groups is 1. The zero-order valence-electron chi connectivity index (χ0n) is 12.7. The lowest BCUT2D eigenvalue weighted by molar-refractivity contribution is 0.0955. The van der Waals surface area contributed by atoms with Gasteiger partial charge in [0.05, 0.1) is 23.4 Å². The number of nitrogens with zero attached hydrogens (tertiary/aromatic N) is 2. The maximum absolute atomic E-state index is 11.9. The maximum atomic E-state index is 11.9. The average Bonchev–Trinajstić information content (AvgIpc) is 2.53. The molecule has 0 aliphatic rings. The fourth-order valence-corrected chi connectivity index (χ4v) is 1.99. The number of phenolic OH excluding ortho intramolecular Hbond substituents is 1. The van der Waals surface area contributed by atoms with Gasteiger partial charge in [0.1, 0.15) is 0 Å². The van der Waals surface area contributed by atoms with Crippen molar-refractivity contribution in [2.75, 3.05) is 6.61 Å². The SMILES string of the molecule is CCOc1cc(C=NNC(=O)c2ccc(C)nc2)cc(Cl)c1O. The van der Waals surface area contributed by atoms with Gasteiger partial charge in [-0.05, 0) is 43.7 Å². The van der Waals surface area contributed by atoms with E-state index in [1.54, 1.807) is 25.1 Å². The van der Waals surface area contributed by atoms with E-state index in [0.29, 0.717) is 17.7 Å². The minimum absolute atomic E-state index is 0.125. The highest BCUT2D eigenvalue weighted by Crippen LogP contribution is 2.34. The highest BCUT2D eigenvalue weighted by atomic mass is 35.5. The highest BCUT2D eigenvalue weighted by Gasteiger charge is 2.09. The zero-order chi connectivity index (χ0) is 16.8. The number of aromatic hydroxyl groups is 1. The van der Waals surface area contributed by atoms with E-state index >= 15 is 0 Å². The van der Waals surface area contributed by atoms with Gasteiger partial charge in [-0.15, -0.1) is 0 Å². The molecule has 7 heteroatoms. The first-order valence-corrected chi connectivity index (χ1v) is 7.30. The molecule has 1 heterocycles. The van der Waals surface area contributed by atoms with Crippen LogP contribution in [0.3, 0.4) is 0 Å². The van der Waals surface area contributed by atoms with Crippen molar-refractivity contribution in [2.24, 2.45) is 5.10 Å². The molecule has 0 aliphatic carbocycles. The van der Waals surface area contributed by atoms with Crippen molar-refractivity contribution in [3.05, 3.63) is 52.3 Å². The molecule has 1 amide bonds. The monoisotopic (exact) mass is 333 g/mol. The molecule has 1 aromatic heterocycles. The summed E-state index contributed by atoms with van der Waals surface area (Å²) in [6.07, 6.45) is 2.89. The van der Waals surface area contributed by atoms with Crippen LogP contribution in [0.4, 0.5) is 0 Å². The Hall–Kier alpha value is -2.60. The Morgan fingerprint density at radius 3 is 2.91 bits per heavy atom. The van der Waals surface area contributed by atoms with Crippen LogP contribution in [-0.2, 0) is 0 Å². The number of amides is 1. The molecule has 6 nitrogen and oxygen atoms in total. The third-order valence-electron chi connectivity index (χ3n) is 2.90. The molecular formula is C16H16ClN3O3. The number of hydrogen-bond acceptors (Lipinski definition) is 5. The lowest BCUT2D eigenvalue weighted by Gasteiger charge is -2.08. The largest absolute Gasteiger partial charge is 0.503 e. The molecule has 0 unspecified atom stereocenters. The fourth-order valence-electron chi connectivity index (χ4n) is 1.77. The number of benzene rings is 1. The van der Waals surface area contributed by atoms with Crippen molar-refractivity contribution in [3.63, 3.8) is 0 Å². The number of halogens is 1. The number of nitrogens with one attached hydrogen (secondary N) is 1. The van der Waals surface area contributed by atoms with Crippen LogP contribution in [0.25, 0.3) is 0 Å². The summed E-state index contributed by atoms with van der Waals surface area (Å²) in [7, 11) is 0. The van der Waals surface area contributed by atoms with Crippen molar-refractivity contribution in [1.29, 1.82) is 0 Å². The lowest BCUT2D eigenvalue weighted by Crippen LogP contribution is -2.17. The third kappa shape index (κ3) is 4.43. The summed E-state index contributed by atoms with van der Waals surface area (Å²) in [6, 6.07) is 6.50. The van der Waals surface area contributed by atoms with Gasteiger partial charge in [0.2, 0.25) is 0 Å². The molecule has 0 saturated heterocycles. The molecular weight excluding hydrogens is 318 g/mol. The summed E-state index contributed by atoms with van der Waals surface area (Å²) >= 11 is 5.92. The summed E-state index contributed by atoms with van der Waals surface area (Å²) in [5, 5.41) is 13.8. The van der Waals surface area contributed by atoms with Gasteiger partial charge in [-0.2, -0.15) is 5.10 Å². The van der Waals surface area contributed by atoms with Gasteiger partial charge in [-0.3, -0.25) is 9.78 Å². The number of hydrogen-bond donors (Lipinski definition) is 2. The van der Waals surface area contributed by atoms with E-state index < -0.39 is 0 Å². The van der Waals surface area contributed by atoms with Gasteiger partial charge in [-0.25, -0.2) is 5.43 Å². The minimum Gasteiger partial charge on any atom is -0.503 e. The summed E-state index contributed by atoms with van der Waals surface area (Å²) < 4.78 is 5.27. The molecule has 23 heavy (non-hydrogen) atoms. The normalized spacial score (nSPS) is 10.7. The van der Waals surface area contributed by atoms with E-state index in [2.05, 4.69) is 15.5 Å². The molecule has 1 aromatic carbocycles. The standard InChI is InChI=1S/C16H16ClN3O3/c1-3-23-14-7-11(6-13(17)15(14)21)8-19-20-16(22)12-5-4-10(2)18-9-12/h4-9,21H,3H2,1-2H3,(H,20,22). The predicted octanol–water partition coefficient (Wildman–Crippen LogP) is 2.91. The van der Waals surface area contributed by atoms with Gasteiger partial charge in [0.15, 0.2) is 11.5 Å². The number of rotatable bonds is 5. The van der Waals surface area contributed by atoms with Crippen LogP contribution in [-0.4, -0.2) is 28.8 Å². The van der Waals surface area contributed by atoms with Crippen LogP contribution < -0.4 is 10.2 Å². The van der Waals surface area contributed by atoms with Crippen molar-refractivity contribution < 1.29 is 14.6 Å². The molecule has 0 bridgehead atoms. The fraction of sp³-hybridized carbons (Fsp3) is 0.188. The maximum Gasteiger partial charge on any atom is 0.272 e.